The van der Waals surface area contributed by atoms with E-state index in [1.807, 2.05) is 38.9 Å². The average molecular weight is 400 g/mol. The number of aryl methyl sites for hydroxylation is 1. The largest absolute Gasteiger partial charge is 0.355 e. The van der Waals surface area contributed by atoms with Crippen molar-refractivity contribution in [3.8, 4) is 0 Å². The first-order chi connectivity index (χ1) is 13.6. The van der Waals surface area contributed by atoms with Crippen molar-refractivity contribution in [1.29, 1.82) is 0 Å². The van der Waals surface area contributed by atoms with E-state index in [2.05, 4.69) is 10.4 Å². The summed E-state index contributed by atoms with van der Waals surface area (Å²) in [5.41, 5.74) is 0.971. The van der Waals surface area contributed by atoms with Gasteiger partial charge in [-0.05, 0) is 39.3 Å². The number of hydrogen-bond acceptors (Lipinski definition) is 3. The molecule has 29 heavy (non-hydrogen) atoms. The Labute approximate surface area is 171 Å². The number of hydrogen-bond donors (Lipinski definition) is 1. The van der Waals surface area contributed by atoms with E-state index < -0.39 is 11.7 Å². The number of carbonyl (C=O) groups is 2. The summed E-state index contributed by atoms with van der Waals surface area (Å²) in [5.74, 6) is -1.26. The van der Waals surface area contributed by atoms with Crippen LogP contribution < -0.4 is 5.32 Å². The summed E-state index contributed by atoms with van der Waals surface area (Å²) in [7, 11) is 1.84. The zero-order valence-corrected chi connectivity index (χ0v) is 17.6. The van der Waals surface area contributed by atoms with E-state index in [0.717, 1.165) is 5.56 Å². The second-order valence-corrected chi connectivity index (χ2v) is 8.78. The lowest BCUT2D eigenvalue weighted by molar-refractivity contribution is -0.133. The van der Waals surface area contributed by atoms with E-state index in [1.54, 1.807) is 36.0 Å². The van der Waals surface area contributed by atoms with Crippen LogP contribution >= 0.6 is 0 Å². The first-order valence-electron chi connectivity index (χ1n) is 9.92. The molecule has 3 atom stereocenters. The van der Waals surface area contributed by atoms with Crippen LogP contribution in [-0.4, -0.2) is 38.6 Å². The van der Waals surface area contributed by atoms with Gasteiger partial charge in [-0.15, -0.1) is 0 Å². The monoisotopic (exact) mass is 400 g/mol. The lowest BCUT2D eigenvalue weighted by Crippen LogP contribution is -2.45. The zero-order chi connectivity index (χ0) is 21.3. The molecule has 0 bridgehead atoms. The van der Waals surface area contributed by atoms with Crippen molar-refractivity contribution in [2.24, 2.45) is 13.0 Å². The van der Waals surface area contributed by atoms with E-state index in [-0.39, 0.29) is 29.3 Å². The molecule has 7 heteroatoms. The number of nitrogens with zero attached hydrogens (tertiary/aromatic N) is 3. The summed E-state index contributed by atoms with van der Waals surface area (Å²) in [6, 6.07) is 6.14. The van der Waals surface area contributed by atoms with Gasteiger partial charge in [0.1, 0.15) is 5.82 Å². The molecule has 1 aromatic heterocycles. The molecule has 2 heterocycles. The molecule has 1 N–H and O–H groups in total. The predicted molar refractivity (Wildman–Crippen MR) is 108 cm³/mol. The second-order valence-electron chi connectivity index (χ2n) is 8.78. The Morgan fingerprint density at radius 3 is 2.62 bits per heavy atom. The molecule has 1 aliphatic heterocycles. The van der Waals surface area contributed by atoms with Crippen molar-refractivity contribution in [2.75, 3.05) is 6.54 Å². The Hall–Kier alpha value is -2.70. The first kappa shape index (κ1) is 21.0. The van der Waals surface area contributed by atoms with E-state index in [9.17, 15) is 14.0 Å². The Kier molecular flexibility index (Phi) is 5.78. The standard InChI is InChI=1S/C22H29FN4O2/c1-14(17-8-6-7-9-18(17)23)21(29)24-11-15-10-19(28)27(22(2,3)4)20(15)16-12-25-26(5)13-16/h6-9,12-15,20H,10-11H2,1-5H3,(H,24,29)/t14?,15-,20+/m0/s1. The van der Waals surface area contributed by atoms with Gasteiger partial charge in [-0.25, -0.2) is 4.39 Å². The number of halogens is 1. The SMILES string of the molecule is CC(C(=O)NC[C@@H]1CC(=O)N(C(C)(C)C)[C@H]1c1cnn(C)c1)c1ccccc1F. The molecular formula is C22H29FN4O2. The number of aromatic nitrogens is 2. The van der Waals surface area contributed by atoms with Crippen LogP contribution in [-0.2, 0) is 16.6 Å². The predicted octanol–water partition coefficient (Wildman–Crippen LogP) is 3.17. The summed E-state index contributed by atoms with van der Waals surface area (Å²) in [6.07, 6.45) is 4.04. The van der Waals surface area contributed by atoms with E-state index in [1.165, 1.54) is 6.07 Å². The Balaban J connectivity index is 1.77. The Morgan fingerprint density at radius 1 is 1.34 bits per heavy atom. The summed E-state index contributed by atoms with van der Waals surface area (Å²) < 4.78 is 15.7. The first-order valence-corrected chi connectivity index (χ1v) is 9.92. The maximum absolute atomic E-state index is 14.0. The van der Waals surface area contributed by atoms with Gasteiger partial charge >= 0.3 is 0 Å². The maximum Gasteiger partial charge on any atom is 0.227 e. The van der Waals surface area contributed by atoms with Crippen LogP contribution in [0.2, 0.25) is 0 Å². The molecule has 0 aliphatic carbocycles. The highest BCUT2D eigenvalue weighted by Crippen LogP contribution is 2.42. The van der Waals surface area contributed by atoms with Crippen LogP contribution in [0.5, 0.6) is 0 Å². The van der Waals surface area contributed by atoms with Crippen molar-refractivity contribution >= 4 is 11.8 Å². The molecule has 1 aliphatic rings. The maximum atomic E-state index is 14.0. The summed E-state index contributed by atoms with van der Waals surface area (Å²) in [6.45, 7) is 8.06. The van der Waals surface area contributed by atoms with Crippen LogP contribution in [0.3, 0.4) is 0 Å². The van der Waals surface area contributed by atoms with Crippen molar-refractivity contribution in [3.05, 3.63) is 53.6 Å². The lowest BCUT2D eigenvalue weighted by Gasteiger charge is -2.38. The Bertz CT molecular complexity index is 902. The third-order valence-electron chi connectivity index (χ3n) is 5.52. The van der Waals surface area contributed by atoms with Crippen LogP contribution in [0, 0.1) is 11.7 Å². The number of likely N-dealkylation sites (tertiary alicyclic amines) is 1. The minimum Gasteiger partial charge on any atom is -0.355 e. The van der Waals surface area contributed by atoms with Gasteiger partial charge in [0, 0.05) is 43.2 Å². The second kappa shape index (κ2) is 7.97. The van der Waals surface area contributed by atoms with E-state index in [4.69, 9.17) is 0 Å². The normalized spacial score (nSPS) is 20.8. The third-order valence-corrected chi connectivity index (χ3v) is 5.52. The molecule has 3 rings (SSSR count). The fourth-order valence-electron chi connectivity index (χ4n) is 4.14. The minimum atomic E-state index is -0.608. The van der Waals surface area contributed by atoms with Gasteiger partial charge in [0.15, 0.2) is 0 Å². The smallest absolute Gasteiger partial charge is 0.227 e. The third kappa shape index (κ3) is 4.33. The van der Waals surface area contributed by atoms with Gasteiger partial charge in [-0.1, -0.05) is 18.2 Å². The molecule has 6 nitrogen and oxygen atoms in total. The molecule has 1 saturated heterocycles. The van der Waals surface area contributed by atoms with Crippen LogP contribution in [0.25, 0.3) is 0 Å². The van der Waals surface area contributed by atoms with Gasteiger partial charge in [0.05, 0.1) is 18.2 Å². The molecule has 156 valence electrons. The van der Waals surface area contributed by atoms with Crippen LogP contribution in [0.1, 0.15) is 57.2 Å². The molecular weight excluding hydrogens is 371 g/mol. The molecule has 1 aromatic carbocycles. The Morgan fingerprint density at radius 2 is 2.03 bits per heavy atom. The molecule has 0 radical (unpaired) electrons. The van der Waals surface area contributed by atoms with Gasteiger partial charge in [-0.2, -0.15) is 5.10 Å². The quantitative estimate of drug-likeness (QED) is 0.838. The van der Waals surface area contributed by atoms with Crippen LogP contribution in [0.4, 0.5) is 4.39 Å². The van der Waals surface area contributed by atoms with Crippen molar-refractivity contribution in [3.63, 3.8) is 0 Å². The number of nitrogens with one attached hydrogen (secondary N) is 1. The average Bonchev–Trinajstić information content (AvgIpc) is 3.21. The summed E-state index contributed by atoms with van der Waals surface area (Å²) in [5, 5.41) is 7.20. The lowest BCUT2D eigenvalue weighted by atomic mass is 9.93. The van der Waals surface area contributed by atoms with Gasteiger partial charge in [-0.3, -0.25) is 14.3 Å². The zero-order valence-electron chi connectivity index (χ0n) is 17.6. The van der Waals surface area contributed by atoms with Crippen LogP contribution in [0.15, 0.2) is 36.7 Å². The number of amides is 2. The highest BCUT2D eigenvalue weighted by atomic mass is 19.1. The van der Waals surface area contributed by atoms with E-state index in [0.29, 0.717) is 18.5 Å². The highest BCUT2D eigenvalue weighted by Gasteiger charge is 2.46. The van der Waals surface area contributed by atoms with Crippen molar-refractivity contribution in [2.45, 2.75) is 51.6 Å². The van der Waals surface area contributed by atoms with Gasteiger partial charge in [0.25, 0.3) is 0 Å². The topological polar surface area (TPSA) is 67.2 Å². The molecule has 0 saturated carbocycles. The summed E-state index contributed by atoms with van der Waals surface area (Å²) in [4.78, 5) is 27.4. The molecule has 1 fully saturated rings. The van der Waals surface area contributed by atoms with E-state index >= 15 is 0 Å². The number of rotatable bonds is 5. The van der Waals surface area contributed by atoms with Gasteiger partial charge < -0.3 is 10.2 Å². The molecule has 1 unspecified atom stereocenters. The minimum absolute atomic E-state index is 0.0627. The fraction of sp³-hybridized carbons (Fsp3) is 0.500. The summed E-state index contributed by atoms with van der Waals surface area (Å²) >= 11 is 0. The highest BCUT2D eigenvalue weighted by molar-refractivity contribution is 5.84. The van der Waals surface area contributed by atoms with Gasteiger partial charge in [0.2, 0.25) is 11.8 Å². The van der Waals surface area contributed by atoms with Crippen molar-refractivity contribution in [1.82, 2.24) is 20.0 Å². The number of carbonyl (C=O) groups excluding carboxylic acids is 2. The molecule has 0 spiro atoms. The fourth-order valence-corrected chi connectivity index (χ4v) is 4.14. The molecule has 2 aromatic rings. The van der Waals surface area contributed by atoms with Crippen molar-refractivity contribution < 1.29 is 14.0 Å². The molecule has 2 amide bonds. The number of benzene rings is 1.